The van der Waals surface area contributed by atoms with Crippen molar-refractivity contribution in [2.24, 2.45) is 0 Å². The van der Waals surface area contributed by atoms with Gasteiger partial charge in [0.25, 0.3) is 5.91 Å². The maximum Gasteiger partial charge on any atom is 0.417 e. The van der Waals surface area contributed by atoms with E-state index in [0.29, 0.717) is 17.6 Å². The second-order valence-corrected chi connectivity index (χ2v) is 7.63. The molecule has 3 aromatic rings. The third-order valence-corrected chi connectivity index (χ3v) is 4.73. The van der Waals surface area contributed by atoms with Gasteiger partial charge in [-0.2, -0.15) is 18.3 Å². The van der Waals surface area contributed by atoms with Gasteiger partial charge < -0.3 is 10.2 Å². The lowest BCUT2D eigenvalue weighted by atomic mass is 10.0. The average Bonchev–Trinajstić information content (AvgIpc) is 3.19. The Balaban J connectivity index is 1.79. The number of anilines is 1. The van der Waals surface area contributed by atoms with E-state index in [4.69, 9.17) is 0 Å². The molecule has 0 aliphatic heterocycles. The number of hydrogen-bond donors (Lipinski definition) is 1. The second-order valence-electron chi connectivity index (χ2n) is 7.63. The molecular formula is C22H21F4N5O2. The molecular weight excluding hydrogens is 442 g/mol. The fourth-order valence-electron chi connectivity index (χ4n) is 3.17. The quantitative estimate of drug-likeness (QED) is 0.554. The van der Waals surface area contributed by atoms with Gasteiger partial charge in [-0.15, -0.1) is 0 Å². The van der Waals surface area contributed by atoms with E-state index in [9.17, 15) is 27.2 Å². The number of benzene rings is 1. The molecule has 0 saturated carbocycles. The molecule has 0 aliphatic rings. The Morgan fingerprint density at radius 3 is 2.30 bits per heavy atom. The van der Waals surface area contributed by atoms with E-state index >= 15 is 0 Å². The van der Waals surface area contributed by atoms with E-state index < -0.39 is 29.4 Å². The van der Waals surface area contributed by atoms with Crippen LogP contribution in [0.3, 0.4) is 0 Å². The monoisotopic (exact) mass is 463 g/mol. The summed E-state index contributed by atoms with van der Waals surface area (Å²) in [5, 5.41) is 6.72. The molecule has 2 amide bonds. The van der Waals surface area contributed by atoms with Gasteiger partial charge in [0.1, 0.15) is 5.82 Å². The lowest BCUT2D eigenvalue weighted by Gasteiger charge is -2.18. The summed E-state index contributed by atoms with van der Waals surface area (Å²) in [7, 11) is 1.43. The number of nitrogens with zero attached hydrogens (tertiary/aromatic N) is 4. The first-order chi connectivity index (χ1) is 15.5. The maximum absolute atomic E-state index is 13.0. The first-order valence-electron chi connectivity index (χ1n) is 9.89. The predicted octanol–water partition coefficient (Wildman–Crippen LogP) is 4.26. The lowest BCUT2D eigenvalue weighted by molar-refractivity contribution is -0.137. The molecule has 0 saturated heterocycles. The van der Waals surface area contributed by atoms with Gasteiger partial charge in [0.15, 0.2) is 5.82 Å². The molecule has 1 aromatic carbocycles. The Kier molecular flexibility index (Phi) is 6.80. The van der Waals surface area contributed by atoms with Crippen LogP contribution in [0.2, 0.25) is 0 Å². The number of carbonyl (C=O) groups is 2. The van der Waals surface area contributed by atoms with Crippen LogP contribution in [0, 0.1) is 5.82 Å². The Labute approximate surface area is 187 Å². The minimum Gasteiger partial charge on any atom is -0.332 e. The molecule has 0 unspecified atom stereocenters. The van der Waals surface area contributed by atoms with Crippen molar-refractivity contribution in [2.75, 3.05) is 18.9 Å². The maximum atomic E-state index is 13.0. The van der Waals surface area contributed by atoms with Gasteiger partial charge in [-0.25, -0.2) is 14.1 Å². The second kappa shape index (κ2) is 9.39. The van der Waals surface area contributed by atoms with Crippen LogP contribution >= 0.6 is 0 Å². The van der Waals surface area contributed by atoms with Crippen LogP contribution in [0.15, 0.2) is 48.8 Å². The highest BCUT2D eigenvalue weighted by Crippen LogP contribution is 2.29. The molecule has 0 spiro atoms. The minimum absolute atomic E-state index is 0.127. The van der Waals surface area contributed by atoms with Gasteiger partial charge in [0.05, 0.1) is 29.6 Å². The zero-order valence-corrected chi connectivity index (χ0v) is 18.0. The molecule has 2 heterocycles. The van der Waals surface area contributed by atoms with Gasteiger partial charge in [-0.3, -0.25) is 9.59 Å². The van der Waals surface area contributed by atoms with Crippen LogP contribution in [-0.2, 0) is 11.0 Å². The van der Waals surface area contributed by atoms with Crippen LogP contribution in [0.25, 0.3) is 5.82 Å². The summed E-state index contributed by atoms with van der Waals surface area (Å²) in [6, 6.07) is 7.25. The highest BCUT2D eigenvalue weighted by atomic mass is 19.4. The molecule has 2 aromatic heterocycles. The summed E-state index contributed by atoms with van der Waals surface area (Å²) in [4.78, 5) is 30.3. The van der Waals surface area contributed by atoms with E-state index in [2.05, 4.69) is 15.4 Å². The number of aromatic nitrogens is 3. The standard InChI is InChI=1S/C22H21F4N5O2/c1-13(2)20-17(11-28-31(20)18-9-4-14(10-27-18)22(24,25)26)21(33)30(3)12-19(32)29-16-7-5-15(23)6-8-16/h4-11,13H,12H2,1-3H3,(H,29,32). The van der Waals surface area contributed by atoms with E-state index in [1.54, 1.807) is 13.8 Å². The Bertz CT molecular complexity index is 1140. The lowest BCUT2D eigenvalue weighted by Crippen LogP contribution is -2.35. The summed E-state index contributed by atoms with van der Waals surface area (Å²) in [5.41, 5.74) is 0.126. The Hall–Kier alpha value is -3.76. The first-order valence-corrected chi connectivity index (χ1v) is 9.89. The Morgan fingerprint density at radius 1 is 1.09 bits per heavy atom. The van der Waals surface area contributed by atoms with Crippen LogP contribution in [0.1, 0.15) is 41.4 Å². The number of alkyl halides is 3. The third-order valence-electron chi connectivity index (χ3n) is 4.73. The summed E-state index contributed by atoms with van der Waals surface area (Å²) in [5.74, 6) is -1.52. The topological polar surface area (TPSA) is 80.1 Å². The van der Waals surface area contributed by atoms with Crippen LogP contribution in [0.4, 0.5) is 23.2 Å². The summed E-state index contributed by atoms with van der Waals surface area (Å²) in [6.45, 7) is 3.32. The highest BCUT2D eigenvalue weighted by molar-refractivity contribution is 5.99. The van der Waals surface area contributed by atoms with Crippen molar-refractivity contribution in [3.05, 3.63) is 71.4 Å². The van der Waals surface area contributed by atoms with E-state index in [1.807, 2.05) is 0 Å². The molecule has 0 fully saturated rings. The van der Waals surface area contributed by atoms with Crippen LogP contribution in [0.5, 0.6) is 0 Å². The third kappa shape index (κ3) is 5.54. The normalized spacial score (nSPS) is 11.5. The number of pyridine rings is 1. The molecule has 0 atom stereocenters. The fourth-order valence-corrected chi connectivity index (χ4v) is 3.17. The fraction of sp³-hybridized carbons (Fsp3) is 0.273. The van der Waals surface area contributed by atoms with Crippen molar-refractivity contribution < 1.29 is 27.2 Å². The van der Waals surface area contributed by atoms with Crippen molar-refractivity contribution in [3.63, 3.8) is 0 Å². The number of rotatable bonds is 6. The van der Waals surface area contributed by atoms with Crippen LogP contribution < -0.4 is 5.32 Å². The van der Waals surface area contributed by atoms with E-state index in [-0.39, 0.29) is 23.8 Å². The Morgan fingerprint density at radius 2 is 1.76 bits per heavy atom. The zero-order valence-electron chi connectivity index (χ0n) is 18.0. The summed E-state index contributed by atoms with van der Waals surface area (Å²) >= 11 is 0. The number of carbonyl (C=O) groups excluding carboxylic acids is 2. The molecule has 7 nitrogen and oxygen atoms in total. The van der Waals surface area contributed by atoms with Gasteiger partial charge in [-0.1, -0.05) is 13.8 Å². The summed E-state index contributed by atoms with van der Waals surface area (Å²) < 4.78 is 52.8. The minimum atomic E-state index is -4.52. The first kappa shape index (κ1) is 23.9. The molecule has 0 aliphatic carbocycles. The molecule has 1 N–H and O–H groups in total. The average molecular weight is 463 g/mol. The van der Waals surface area contributed by atoms with Gasteiger partial charge >= 0.3 is 6.18 Å². The summed E-state index contributed by atoms with van der Waals surface area (Å²) in [6.07, 6.45) is -2.52. The number of halogens is 4. The molecule has 33 heavy (non-hydrogen) atoms. The molecule has 3 rings (SSSR count). The van der Waals surface area contributed by atoms with Crippen LogP contribution in [-0.4, -0.2) is 45.1 Å². The molecule has 0 radical (unpaired) electrons. The number of hydrogen-bond acceptors (Lipinski definition) is 4. The van der Waals surface area contributed by atoms with Crippen molar-refractivity contribution in [3.8, 4) is 5.82 Å². The van der Waals surface area contributed by atoms with E-state index in [1.165, 1.54) is 53.2 Å². The number of amides is 2. The predicted molar refractivity (Wildman–Crippen MR) is 112 cm³/mol. The zero-order chi connectivity index (χ0) is 24.3. The molecule has 11 heteroatoms. The molecule has 0 bridgehead atoms. The van der Waals surface area contributed by atoms with Gasteiger partial charge in [0, 0.05) is 18.9 Å². The molecule has 174 valence electrons. The number of nitrogens with one attached hydrogen (secondary N) is 1. The van der Waals surface area contributed by atoms with Crippen molar-refractivity contribution in [1.29, 1.82) is 0 Å². The highest BCUT2D eigenvalue weighted by Gasteiger charge is 2.31. The SMILES string of the molecule is CC(C)c1c(C(=O)N(C)CC(=O)Nc2ccc(F)cc2)cnn1-c1ccc(C(F)(F)F)cn1. The largest absolute Gasteiger partial charge is 0.417 e. The smallest absolute Gasteiger partial charge is 0.332 e. The van der Waals surface area contributed by atoms with Gasteiger partial charge in [-0.05, 0) is 42.3 Å². The van der Waals surface area contributed by atoms with Crippen molar-refractivity contribution in [1.82, 2.24) is 19.7 Å². The number of likely N-dealkylation sites (N-methyl/N-ethyl adjacent to an activating group) is 1. The van der Waals surface area contributed by atoms with Gasteiger partial charge in [0.2, 0.25) is 5.91 Å². The van der Waals surface area contributed by atoms with Crippen molar-refractivity contribution in [2.45, 2.75) is 25.9 Å². The van der Waals surface area contributed by atoms with E-state index in [0.717, 1.165) is 6.07 Å². The van der Waals surface area contributed by atoms with Crippen molar-refractivity contribution >= 4 is 17.5 Å².